The molecule has 1 aromatic heterocycles. The lowest BCUT2D eigenvalue weighted by atomic mass is 10.4. The molecule has 0 spiro atoms. The van der Waals surface area contributed by atoms with Crippen molar-refractivity contribution < 1.29 is 0 Å². The maximum atomic E-state index is 3.35. The van der Waals surface area contributed by atoms with E-state index in [-0.39, 0.29) is 0 Å². The highest BCUT2D eigenvalue weighted by Crippen LogP contribution is 2.19. The van der Waals surface area contributed by atoms with Gasteiger partial charge in [0.2, 0.25) is 0 Å². The van der Waals surface area contributed by atoms with Crippen molar-refractivity contribution in [3.63, 3.8) is 0 Å². The molecule has 0 N–H and O–H groups in total. The van der Waals surface area contributed by atoms with Crippen molar-refractivity contribution in [2.45, 2.75) is 6.92 Å². The highest BCUT2D eigenvalue weighted by molar-refractivity contribution is 9.11. The maximum Gasteiger partial charge on any atom is 0.0701 e. The molecule has 0 aliphatic carbocycles. The van der Waals surface area contributed by atoms with E-state index in [4.69, 9.17) is 0 Å². The van der Waals surface area contributed by atoms with Gasteiger partial charge in [-0.05, 0) is 39.9 Å². The van der Waals surface area contributed by atoms with Crippen LogP contribution in [0.5, 0.6) is 0 Å². The summed E-state index contributed by atoms with van der Waals surface area (Å²) in [6.07, 6.45) is 0. The molecular formula is C5H5BrS. The molecular weight excluding hydrogens is 172 g/mol. The quantitative estimate of drug-likeness (QED) is 0.571. The van der Waals surface area contributed by atoms with Crippen molar-refractivity contribution in [1.82, 2.24) is 0 Å². The molecule has 0 fully saturated rings. The molecule has 1 heterocycles. The summed E-state index contributed by atoms with van der Waals surface area (Å²) in [6, 6.07) is 2.10. The minimum absolute atomic E-state index is 1.21. The van der Waals surface area contributed by atoms with Crippen LogP contribution in [-0.2, 0) is 0 Å². The Labute approximate surface area is 55.3 Å². The molecule has 0 unspecified atom stereocenters. The van der Waals surface area contributed by atoms with Crippen LogP contribution in [0.1, 0.15) is 5.56 Å². The van der Waals surface area contributed by atoms with Crippen molar-refractivity contribution in [3.05, 3.63) is 20.8 Å². The number of aryl methyl sites for hydroxylation is 1. The van der Waals surface area contributed by atoms with Crippen LogP contribution in [0.25, 0.3) is 0 Å². The van der Waals surface area contributed by atoms with Crippen LogP contribution >= 0.6 is 27.3 Å². The molecule has 0 radical (unpaired) electrons. The van der Waals surface area contributed by atoms with Gasteiger partial charge >= 0.3 is 0 Å². The molecule has 0 saturated carbocycles. The van der Waals surface area contributed by atoms with Gasteiger partial charge in [0.15, 0.2) is 0 Å². The molecule has 2 heteroatoms. The SMILES string of the molecule is Cc1csc(Br)c1. The number of hydrogen-bond acceptors (Lipinski definition) is 1. The van der Waals surface area contributed by atoms with Gasteiger partial charge in [0.25, 0.3) is 0 Å². The van der Waals surface area contributed by atoms with Gasteiger partial charge in [0, 0.05) is 0 Å². The van der Waals surface area contributed by atoms with E-state index in [0.717, 1.165) is 0 Å². The van der Waals surface area contributed by atoms with Crippen molar-refractivity contribution >= 4 is 27.3 Å². The molecule has 0 amide bonds. The van der Waals surface area contributed by atoms with Gasteiger partial charge in [0.1, 0.15) is 0 Å². The summed E-state index contributed by atoms with van der Waals surface area (Å²) < 4.78 is 1.21. The van der Waals surface area contributed by atoms with E-state index in [2.05, 4.69) is 34.3 Å². The van der Waals surface area contributed by atoms with Crippen LogP contribution in [-0.4, -0.2) is 0 Å². The molecule has 7 heavy (non-hydrogen) atoms. The zero-order valence-corrected chi connectivity index (χ0v) is 6.34. The van der Waals surface area contributed by atoms with Gasteiger partial charge < -0.3 is 0 Å². The molecule has 38 valence electrons. The van der Waals surface area contributed by atoms with Crippen LogP contribution in [0.3, 0.4) is 0 Å². The average molecular weight is 177 g/mol. The lowest BCUT2D eigenvalue weighted by molar-refractivity contribution is 1.55. The zero-order chi connectivity index (χ0) is 5.28. The Hall–Kier alpha value is 0.180. The predicted octanol–water partition coefficient (Wildman–Crippen LogP) is 2.82. The Morgan fingerprint density at radius 2 is 2.43 bits per heavy atom. The topological polar surface area (TPSA) is 0 Å². The number of rotatable bonds is 0. The van der Waals surface area contributed by atoms with Crippen LogP contribution in [0.15, 0.2) is 15.2 Å². The van der Waals surface area contributed by atoms with E-state index < -0.39 is 0 Å². The monoisotopic (exact) mass is 176 g/mol. The molecule has 0 aliphatic rings. The molecule has 0 aliphatic heterocycles. The molecule has 0 nitrogen and oxygen atoms in total. The molecule has 0 atom stereocenters. The smallest absolute Gasteiger partial charge is 0.0701 e. The minimum atomic E-state index is 1.21. The molecule has 0 bridgehead atoms. The van der Waals surface area contributed by atoms with Crippen molar-refractivity contribution in [1.29, 1.82) is 0 Å². The van der Waals surface area contributed by atoms with Gasteiger partial charge in [-0.25, -0.2) is 0 Å². The predicted molar refractivity (Wildman–Crippen MR) is 36.8 cm³/mol. The first-order chi connectivity index (χ1) is 3.29. The standard InChI is InChI=1S/C5H5BrS/c1-4-2-5(6)7-3-4/h2-3H,1H3. The normalized spacial score (nSPS) is 9.43. The number of hydrogen-bond donors (Lipinski definition) is 0. The third kappa shape index (κ3) is 1.28. The van der Waals surface area contributed by atoms with Crippen LogP contribution < -0.4 is 0 Å². The second kappa shape index (κ2) is 1.97. The first-order valence-electron chi connectivity index (χ1n) is 1.99. The highest BCUT2D eigenvalue weighted by atomic mass is 79.9. The summed E-state index contributed by atoms with van der Waals surface area (Å²) in [6.45, 7) is 2.08. The minimum Gasteiger partial charge on any atom is -0.137 e. The lowest BCUT2D eigenvalue weighted by Gasteiger charge is -1.68. The number of halogens is 1. The second-order valence-electron chi connectivity index (χ2n) is 1.43. The van der Waals surface area contributed by atoms with Gasteiger partial charge in [-0.15, -0.1) is 11.3 Å². The third-order valence-electron chi connectivity index (χ3n) is 0.699. The average Bonchev–Trinajstić information content (AvgIpc) is 1.87. The maximum absolute atomic E-state index is 3.35. The zero-order valence-electron chi connectivity index (χ0n) is 3.94. The van der Waals surface area contributed by atoms with Crippen molar-refractivity contribution in [3.8, 4) is 0 Å². The summed E-state index contributed by atoms with van der Waals surface area (Å²) in [5.41, 5.74) is 1.33. The van der Waals surface area contributed by atoms with Crippen molar-refractivity contribution in [2.75, 3.05) is 0 Å². The van der Waals surface area contributed by atoms with E-state index in [0.29, 0.717) is 0 Å². The van der Waals surface area contributed by atoms with Crippen LogP contribution in [0.4, 0.5) is 0 Å². The Balaban J connectivity index is 3.04. The fourth-order valence-electron chi connectivity index (χ4n) is 0.396. The van der Waals surface area contributed by atoms with E-state index in [1.54, 1.807) is 11.3 Å². The second-order valence-corrected chi connectivity index (χ2v) is 3.72. The molecule has 1 rings (SSSR count). The highest BCUT2D eigenvalue weighted by Gasteiger charge is 1.86. The summed E-state index contributed by atoms with van der Waals surface area (Å²) in [4.78, 5) is 0. The van der Waals surface area contributed by atoms with Gasteiger partial charge in [-0.3, -0.25) is 0 Å². The third-order valence-corrected chi connectivity index (χ3v) is 2.32. The van der Waals surface area contributed by atoms with E-state index in [1.807, 2.05) is 0 Å². The number of thiophene rings is 1. The van der Waals surface area contributed by atoms with E-state index in [9.17, 15) is 0 Å². The van der Waals surface area contributed by atoms with Gasteiger partial charge in [0.05, 0.1) is 3.79 Å². The van der Waals surface area contributed by atoms with Crippen molar-refractivity contribution in [2.24, 2.45) is 0 Å². The van der Waals surface area contributed by atoms with Gasteiger partial charge in [-0.1, -0.05) is 0 Å². The fourth-order valence-corrected chi connectivity index (χ4v) is 1.66. The summed E-state index contributed by atoms with van der Waals surface area (Å²) >= 11 is 5.07. The molecule has 0 saturated heterocycles. The Bertz CT molecular complexity index is 140. The lowest BCUT2D eigenvalue weighted by Crippen LogP contribution is -1.49. The Morgan fingerprint density at radius 1 is 1.71 bits per heavy atom. The summed E-state index contributed by atoms with van der Waals surface area (Å²) in [5, 5.41) is 2.12. The fraction of sp³-hybridized carbons (Fsp3) is 0.200. The first-order valence-corrected chi connectivity index (χ1v) is 3.67. The molecule has 0 aromatic carbocycles. The Morgan fingerprint density at radius 3 is 2.57 bits per heavy atom. The van der Waals surface area contributed by atoms with Crippen LogP contribution in [0.2, 0.25) is 0 Å². The Kier molecular flexibility index (Phi) is 1.50. The largest absolute Gasteiger partial charge is 0.137 e. The first kappa shape index (κ1) is 5.32. The summed E-state index contributed by atoms with van der Waals surface area (Å²) in [7, 11) is 0. The molecule has 1 aromatic rings. The van der Waals surface area contributed by atoms with E-state index >= 15 is 0 Å². The summed E-state index contributed by atoms with van der Waals surface area (Å²) in [5.74, 6) is 0. The van der Waals surface area contributed by atoms with E-state index in [1.165, 1.54) is 9.35 Å². The van der Waals surface area contributed by atoms with Crippen LogP contribution in [0, 0.1) is 6.92 Å². The van der Waals surface area contributed by atoms with Gasteiger partial charge in [-0.2, -0.15) is 0 Å².